The fourth-order valence-corrected chi connectivity index (χ4v) is 4.51. The Hall–Kier alpha value is -5.05. The minimum atomic E-state index is -1.11. The molecule has 4 aromatic rings. The topological polar surface area (TPSA) is 115 Å². The standard InChI is InChI=1S/C28H24N4O5/c1-30-17-32(23(18-9-4-2-5-10-18)19-11-6-3-7-12-19)31-16-22(25(33)26(34)24(31)27(30)35)29-21-14-8-13-20(15-21)28(36)37/h2-16,23,29,34H,17H2,1H3,(H,36,37). The lowest BCUT2D eigenvalue weighted by atomic mass is 9.98. The number of anilines is 2. The second-order valence-corrected chi connectivity index (χ2v) is 8.73. The predicted molar refractivity (Wildman–Crippen MR) is 139 cm³/mol. The number of rotatable bonds is 6. The van der Waals surface area contributed by atoms with Gasteiger partial charge in [-0.1, -0.05) is 66.7 Å². The number of benzene rings is 3. The number of aromatic nitrogens is 1. The number of nitrogens with one attached hydrogen (secondary N) is 1. The van der Waals surface area contributed by atoms with Crippen LogP contribution in [0.15, 0.2) is 95.9 Å². The van der Waals surface area contributed by atoms with Crippen LogP contribution in [0.1, 0.15) is 38.0 Å². The number of aromatic hydroxyl groups is 1. The zero-order valence-electron chi connectivity index (χ0n) is 19.9. The van der Waals surface area contributed by atoms with Crippen molar-refractivity contribution in [2.45, 2.75) is 6.04 Å². The smallest absolute Gasteiger partial charge is 0.335 e. The number of carboxylic acid groups (broad SMARTS) is 1. The van der Waals surface area contributed by atoms with Gasteiger partial charge in [0, 0.05) is 12.7 Å². The number of aromatic carboxylic acids is 1. The molecule has 9 heteroatoms. The van der Waals surface area contributed by atoms with Crippen LogP contribution in [0, 0.1) is 0 Å². The molecule has 9 nitrogen and oxygen atoms in total. The van der Waals surface area contributed by atoms with Gasteiger partial charge in [0.15, 0.2) is 11.4 Å². The Kier molecular flexibility index (Phi) is 6.10. The van der Waals surface area contributed by atoms with E-state index in [1.54, 1.807) is 19.2 Å². The van der Waals surface area contributed by atoms with Gasteiger partial charge in [-0.2, -0.15) is 0 Å². The van der Waals surface area contributed by atoms with Crippen LogP contribution >= 0.6 is 0 Å². The second kappa shape index (κ2) is 9.54. The zero-order valence-corrected chi connectivity index (χ0v) is 19.9. The summed E-state index contributed by atoms with van der Waals surface area (Å²) in [4.78, 5) is 39.0. The molecule has 0 fully saturated rings. The maximum absolute atomic E-state index is 13.1. The van der Waals surface area contributed by atoms with Gasteiger partial charge in [-0.25, -0.2) is 4.79 Å². The lowest BCUT2D eigenvalue weighted by Crippen LogP contribution is -2.54. The molecule has 1 aliphatic heterocycles. The summed E-state index contributed by atoms with van der Waals surface area (Å²) in [6, 6.07) is 25.1. The molecule has 5 rings (SSSR count). The van der Waals surface area contributed by atoms with Crippen LogP contribution < -0.4 is 15.8 Å². The summed E-state index contributed by atoms with van der Waals surface area (Å²) >= 11 is 0. The van der Waals surface area contributed by atoms with E-state index in [0.717, 1.165) is 11.1 Å². The van der Waals surface area contributed by atoms with E-state index in [1.807, 2.05) is 65.7 Å². The highest BCUT2D eigenvalue weighted by Gasteiger charge is 2.36. The molecular formula is C28H24N4O5. The Morgan fingerprint density at radius 3 is 2.14 bits per heavy atom. The molecule has 0 radical (unpaired) electrons. The molecule has 0 spiro atoms. The first kappa shape index (κ1) is 23.7. The van der Waals surface area contributed by atoms with Gasteiger partial charge in [-0.05, 0) is 29.3 Å². The number of fused-ring (bicyclic) bond motifs is 1. The Labute approximate surface area is 212 Å². The largest absolute Gasteiger partial charge is 0.502 e. The van der Waals surface area contributed by atoms with Gasteiger partial charge in [-0.3, -0.25) is 19.3 Å². The Morgan fingerprint density at radius 2 is 1.54 bits per heavy atom. The number of nitrogens with zero attached hydrogens (tertiary/aromatic N) is 3. The van der Waals surface area contributed by atoms with E-state index in [1.165, 1.54) is 27.9 Å². The van der Waals surface area contributed by atoms with Crippen molar-refractivity contribution < 1.29 is 19.8 Å². The summed E-state index contributed by atoms with van der Waals surface area (Å²) in [7, 11) is 1.61. The van der Waals surface area contributed by atoms with E-state index in [4.69, 9.17) is 0 Å². The summed E-state index contributed by atoms with van der Waals surface area (Å²) in [6.07, 6.45) is 1.47. The van der Waals surface area contributed by atoms with E-state index in [0.29, 0.717) is 5.69 Å². The highest BCUT2D eigenvalue weighted by molar-refractivity contribution is 5.96. The molecule has 1 amide bonds. The minimum Gasteiger partial charge on any atom is -0.502 e. The van der Waals surface area contributed by atoms with E-state index in [-0.39, 0.29) is 29.7 Å². The third-order valence-electron chi connectivity index (χ3n) is 6.26. The average Bonchev–Trinajstić information content (AvgIpc) is 2.91. The molecule has 0 saturated heterocycles. The summed E-state index contributed by atoms with van der Waals surface area (Å²) in [5, 5.41) is 25.1. The highest BCUT2D eigenvalue weighted by Crippen LogP contribution is 2.33. The number of carbonyl (C=O) groups is 2. The predicted octanol–water partition coefficient (Wildman–Crippen LogP) is 3.77. The first-order valence-electron chi connectivity index (χ1n) is 11.6. The van der Waals surface area contributed by atoms with Crippen molar-refractivity contribution in [2.24, 2.45) is 0 Å². The van der Waals surface area contributed by atoms with Gasteiger partial charge in [0.2, 0.25) is 5.43 Å². The van der Waals surface area contributed by atoms with E-state index in [9.17, 15) is 24.6 Å². The number of carboxylic acids is 1. The van der Waals surface area contributed by atoms with Crippen LogP contribution in [0.3, 0.4) is 0 Å². The van der Waals surface area contributed by atoms with Crippen LogP contribution in [0.5, 0.6) is 5.75 Å². The van der Waals surface area contributed by atoms with Crippen LogP contribution in [0.25, 0.3) is 0 Å². The molecule has 1 aromatic heterocycles. The molecule has 1 aliphatic rings. The molecule has 0 atom stereocenters. The number of hydrogen-bond acceptors (Lipinski definition) is 6. The molecule has 186 valence electrons. The van der Waals surface area contributed by atoms with Gasteiger partial charge in [0.25, 0.3) is 5.91 Å². The summed E-state index contributed by atoms with van der Waals surface area (Å²) < 4.78 is 1.51. The first-order chi connectivity index (χ1) is 17.8. The lowest BCUT2D eigenvalue weighted by Gasteiger charge is -2.43. The van der Waals surface area contributed by atoms with Crippen molar-refractivity contribution in [3.63, 3.8) is 0 Å². The molecule has 0 unspecified atom stereocenters. The van der Waals surface area contributed by atoms with E-state index in [2.05, 4.69) is 5.32 Å². The third kappa shape index (κ3) is 4.38. The van der Waals surface area contributed by atoms with Crippen molar-refractivity contribution in [2.75, 3.05) is 24.0 Å². The van der Waals surface area contributed by atoms with E-state index < -0.39 is 23.1 Å². The molecule has 0 aliphatic carbocycles. The van der Waals surface area contributed by atoms with Crippen molar-refractivity contribution in [1.82, 2.24) is 9.58 Å². The Bertz CT molecular complexity index is 1500. The molecular weight excluding hydrogens is 472 g/mol. The van der Waals surface area contributed by atoms with Gasteiger partial charge in [0.05, 0.1) is 17.8 Å². The molecule has 37 heavy (non-hydrogen) atoms. The molecule has 0 saturated carbocycles. The van der Waals surface area contributed by atoms with Gasteiger partial charge in [0.1, 0.15) is 12.4 Å². The monoisotopic (exact) mass is 496 g/mol. The zero-order chi connectivity index (χ0) is 26.1. The Morgan fingerprint density at radius 1 is 0.919 bits per heavy atom. The third-order valence-corrected chi connectivity index (χ3v) is 6.26. The maximum Gasteiger partial charge on any atom is 0.335 e. The molecule has 3 aromatic carbocycles. The second-order valence-electron chi connectivity index (χ2n) is 8.73. The molecule has 3 N–H and O–H groups in total. The van der Waals surface area contributed by atoms with Gasteiger partial charge < -0.3 is 20.4 Å². The minimum absolute atomic E-state index is 0.00832. The number of amides is 1. The Balaban J connectivity index is 1.68. The summed E-state index contributed by atoms with van der Waals surface area (Å²) in [5.74, 6) is -2.30. The summed E-state index contributed by atoms with van der Waals surface area (Å²) in [6.45, 7) is 0.177. The van der Waals surface area contributed by atoms with Gasteiger partial charge in [-0.15, -0.1) is 0 Å². The van der Waals surface area contributed by atoms with E-state index >= 15 is 0 Å². The van der Waals surface area contributed by atoms with Crippen LogP contribution in [0.4, 0.5) is 11.4 Å². The molecule has 2 heterocycles. The fraction of sp³-hybridized carbons (Fsp3) is 0.107. The van der Waals surface area contributed by atoms with Crippen molar-refractivity contribution >= 4 is 23.3 Å². The maximum atomic E-state index is 13.1. The average molecular weight is 497 g/mol. The SMILES string of the molecule is CN1CN(C(c2ccccc2)c2ccccc2)n2cc(Nc3cccc(C(=O)O)c3)c(=O)c(O)c2C1=O. The summed E-state index contributed by atoms with van der Waals surface area (Å²) in [5.41, 5.74) is 1.36. The van der Waals surface area contributed by atoms with Gasteiger partial charge >= 0.3 is 5.97 Å². The highest BCUT2D eigenvalue weighted by atomic mass is 16.4. The lowest BCUT2D eigenvalue weighted by molar-refractivity contribution is 0.0694. The van der Waals surface area contributed by atoms with Crippen LogP contribution in [-0.4, -0.2) is 45.4 Å². The van der Waals surface area contributed by atoms with Crippen molar-refractivity contribution in [1.29, 1.82) is 0 Å². The van der Waals surface area contributed by atoms with Crippen molar-refractivity contribution in [3.8, 4) is 5.75 Å². The van der Waals surface area contributed by atoms with Crippen LogP contribution in [-0.2, 0) is 0 Å². The first-order valence-corrected chi connectivity index (χ1v) is 11.6. The fourth-order valence-electron chi connectivity index (χ4n) is 4.51. The normalized spacial score (nSPS) is 13.0. The number of pyridine rings is 1. The van der Waals surface area contributed by atoms with Crippen LogP contribution in [0.2, 0.25) is 0 Å². The number of hydrogen-bond donors (Lipinski definition) is 3. The number of carbonyl (C=O) groups excluding carboxylic acids is 1. The van der Waals surface area contributed by atoms with Crippen molar-refractivity contribution in [3.05, 3.63) is 124 Å². The quantitative estimate of drug-likeness (QED) is 0.372. The molecule has 0 bridgehead atoms.